The van der Waals surface area contributed by atoms with Crippen LogP contribution in [0.25, 0.3) is 0 Å². The Morgan fingerprint density at radius 3 is 3.10 bits per heavy atom. The SMILES string of the molecule is O=C(O)c1cccc(Cl)c1CN1CCO[C@@H]2COCC[C@@H]21. The fourth-order valence-corrected chi connectivity index (χ4v) is 3.32. The summed E-state index contributed by atoms with van der Waals surface area (Å²) in [4.78, 5) is 13.6. The molecule has 1 aromatic rings. The van der Waals surface area contributed by atoms with Gasteiger partial charge in [-0.3, -0.25) is 4.90 Å². The number of ether oxygens (including phenoxy) is 2. The van der Waals surface area contributed by atoms with Crippen LogP contribution < -0.4 is 0 Å². The first-order valence-corrected chi connectivity index (χ1v) is 7.48. The molecule has 6 heteroatoms. The predicted molar refractivity (Wildman–Crippen MR) is 77.8 cm³/mol. The van der Waals surface area contributed by atoms with Gasteiger partial charge in [0.2, 0.25) is 0 Å². The van der Waals surface area contributed by atoms with Crippen molar-refractivity contribution in [3.8, 4) is 0 Å². The largest absolute Gasteiger partial charge is 0.478 e. The van der Waals surface area contributed by atoms with Crippen LogP contribution >= 0.6 is 11.6 Å². The Kier molecular flexibility index (Phi) is 4.45. The molecule has 2 saturated heterocycles. The van der Waals surface area contributed by atoms with E-state index in [0.29, 0.717) is 30.3 Å². The van der Waals surface area contributed by atoms with Gasteiger partial charge in [0.25, 0.3) is 0 Å². The standard InChI is InChI=1S/C15H18ClNO4/c16-12-3-1-2-10(15(18)19)11(12)8-17-5-7-21-14-9-20-6-4-13(14)17/h1-3,13-14H,4-9H2,(H,18,19)/t13-,14+/m0/s1. The first-order chi connectivity index (χ1) is 10.2. The van der Waals surface area contributed by atoms with Crippen LogP contribution in [0.5, 0.6) is 0 Å². The van der Waals surface area contributed by atoms with Gasteiger partial charge in [0, 0.05) is 30.8 Å². The van der Waals surface area contributed by atoms with Gasteiger partial charge in [0.15, 0.2) is 0 Å². The number of fused-ring (bicyclic) bond motifs is 1. The first-order valence-electron chi connectivity index (χ1n) is 7.11. The molecule has 5 nitrogen and oxygen atoms in total. The third kappa shape index (κ3) is 3.06. The van der Waals surface area contributed by atoms with Gasteiger partial charge in [-0.25, -0.2) is 4.79 Å². The third-order valence-electron chi connectivity index (χ3n) is 4.16. The van der Waals surface area contributed by atoms with Gasteiger partial charge in [-0.05, 0) is 24.1 Å². The first kappa shape index (κ1) is 14.8. The second-order valence-corrected chi connectivity index (χ2v) is 5.79. The van der Waals surface area contributed by atoms with Crippen molar-refractivity contribution in [2.45, 2.75) is 25.1 Å². The smallest absolute Gasteiger partial charge is 0.336 e. The highest BCUT2D eigenvalue weighted by Crippen LogP contribution is 2.27. The number of carbonyl (C=O) groups is 1. The van der Waals surface area contributed by atoms with E-state index in [1.165, 1.54) is 0 Å². The van der Waals surface area contributed by atoms with E-state index in [4.69, 9.17) is 21.1 Å². The van der Waals surface area contributed by atoms with Crippen LogP contribution in [0.15, 0.2) is 18.2 Å². The second kappa shape index (κ2) is 6.32. The van der Waals surface area contributed by atoms with E-state index in [9.17, 15) is 9.90 Å². The molecule has 0 aliphatic carbocycles. The fraction of sp³-hybridized carbons (Fsp3) is 0.533. The number of nitrogens with zero attached hydrogens (tertiary/aromatic N) is 1. The molecular weight excluding hydrogens is 294 g/mol. The monoisotopic (exact) mass is 311 g/mol. The number of hydrogen-bond donors (Lipinski definition) is 1. The summed E-state index contributed by atoms with van der Waals surface area (Å²) in [5.74, 6) is -0.940. The Balaban J connectivity index is 1.84. The van der Waals surface area contributed by atoms with Crippen LogP contribution in [0.2, 0.25) is 5.02 Å². The number of carboxylic acids is 1. The maximum Gasteiger partial charge on any atom is 0.336 e. The van der Waals surface area contributed by atoms with Crippen molar-refractivity contribution in [1.29, 1.82) is 0 Å². The van der Waals surface area contributed by atoms with Gasteiger partial charge < -0.3 is 14.6 Å². The van der Waals surface area contributed by atoms with E-state index < -0.39 is 5.97 Å². The molecule has 1 aromatic carbocycles. The molecule has 3 rings (SSSR count). The zero-order chi connectivity index (χ0) is 14.8. The van der Waals surface area contributed by atoms with Gasteiger partial charge in [-0.2, -0.15) is 0 Å². The Labute approximate surface area is 128 Å². The minimum atomic E-state index is -0.940. The quantitative estimate of drug-likeness (QED) is 0.925. The van der Waals surface area contributed by atoms with E-state index in [1.807, 2.05) is 0 Å². The minimum Gasteiger partial charge on any atom is -0.478 e. The number of benzene rings is 1. The molecule has 0 radical (unpaired) electrons. The maximum atomic E-state index is 11.4. The molecule has 2 atom stereocenters. The summed E-state index contributed by atoms with van der Waals surface area (Å²) < 4.78 is 11.2. The number of carboxylic acid groups (broad SMARTS) is 1. The van der Waals surface area contributed by atoms with Crippen molar-refractivity contribution in [3.63, 3.8) is 0 Å². The number of hydrogen-bond acceptors (Lipinski definition) is 4. The zero-order valence-electron chi connectivity index (χ0n) is 11.6. The second-order valence-electron chi connectivity index (χ2n) is 5.38. The third-order valence-corrected chi connectivity index (χ3v) is 4.51. The van der Waals surface area contributed by atoms with E-state index >= 15 is 0 Å². The molecular formula is C15H18ClNO4. The molecule has 0 bridgehead atoms. The molecule has 0 aromatic heterocycles. The molecule has 0 amide bonds. The average Bonchev–Trinajstić information content (AvgIpc) is 2.49. The minimum absolute atomic E-state index is 0.0725. The Morgan fingerprint density at radius 1 is 1.43 bits per heavy atom. The Hall–Kier alpha value is -1.14. The van der Waals surface area contributed by atoms with Crippen molar-refractivity contribution < 1.29 is 19.4 Å². The van der Waals surface area contributed by atoms with E-state index in [-0.39, 0.29) is 17.7 Å². The van der Waals surface area contributed by atoms with Crippen LogP contribution in [0, 0.1) is 0 Å². The summed E-state index contributed by atoms with van der Waals surface area (Å²) >= 11 is 6.22. The van der Waals surface area contributed by atoms with Crippen LogP contribution in [-0.4, -0.2) is 54.5 Å². The number of aromatic carboxylic acids is 1. The molecule has 2 heterocycles. The van der Waals surface area contributed by atoms with E-state index in [1.54, 1.807) is 18.2 Å². The highest BCUT2D eigenvalue weighted by molar-refractivity contribution is 6.31. The Bertz CT molecular complexity index is 534. The lowest BCUT2D eigenvalue weighted by Crippen LogP contribution is -2.55. The number of morpholine rings is 1. The lowest BCUT2D eigenvalue weighted by atomic mass is 10.00. The fourth-order valence-electron chi connectivity index (χ4n) is 3.08. The highest BCUT2D eigenvalue weighted by Gasteiger charge is 2.35. The van der Waals surface area contributed by atoms with Crippen molar-refractivity contribution >= 4 is 17.6 Å². The molecule has 2 aliphatic rings. The van der Waals surface area contributed by atoms with Crippen LogP contribution in [0.3, 0.4) is 0 Å². The van der Waals surface area contributed by atoms with Crippen molar-refractivity contribution in [3.05, 3.63) is 34.3 Å². The predicted octanol–water partition coefficient (Wildman–Crippen LogP) is 2.03. The highest BCUT2D eigenvalue weighted by atomic mass is 35.5. The summed E-state index contributed by atoms with van der Waals surface area (Å²) in [7, 11) is 0. The number of halogens is 1. The van der Waals surface area contributed by atoms with Crippen LogP contribution in [0.1, 0.15) is 22.3 Å². The summed E-state index contributed by atoms with van der Waals surface area (Å²) in [6.45, 7) is 3.28. The lowest BCUT2D eigenvalue weighted by molar-refractivity contribution is -0.137. The van der Waals surface area contributed by atoms with E-state index in [2.05, 4.69) is 4.90 Å². The molecule has 21 heavy (non-hydrogen) atoms. The summed E-state index contributed by atoms with van der Waals surface area (Å²) in [5.41, 5.74) is 0.955. The van der Waals surface area contributed by atoms with Crippen molar-refractivity contribution in [2.75, 3.05) is 26.4 Å². The maximum absolute atomic E-state index is 11.4. The molecule has 114 valence electrons. The topological polar surface area (TPSA) is 59.0 Å². The van der Waals surface area contributed by atoms with Gasteiger partial charge >= 0.3 is 5.97 Å². The summed E-state index contributed by atoms with van der Waals surface area (Å²) in [5, 5.41) is 9.83. The molecule has 0 saturated carbocycles. The van der Waals surface area contributed by atoms with Gasteiger partial charge in [0.1, 0.15) is 0 Å². The molecule has 0 unspecified atom stereocenters. The molecule has 0 spiro atoms. The van der Waals surface area contributed by atoms with Crippen LogP contribution in [-0.2, 0) is 16.0 Å². The lowest BCUT2D eigenvalue weighted by Gasteiger charge is -2.43. The summed E-state index contributed by atoms with van der Waals surface area (Å²) in [6, 6.07) is 5.29. The molecule has 2 fully saturated rings. The molecule has 2 aliphatic heterocycles. The Morgan fingerprint density at radius 2 is 2.29 bits per heavy atom. The molecule has 1 N–H and O–H groups in total. The normalized spacial score (nSPS) is 26.3. The average molecular weight is 312 g/mol. The van der Waals surface area contributed by atoms with Crippen molar-refractivity contribution in [1.82, 2.24) is 4.90 Å². The van der Waals surface area contributed by atoms with Crippen LogP contribution in [0.4, 0.5) is 0 Å². The van der Waals surface area contributed by atoms with Gasteiger partial charge in [-0.1, -0.05) is 17.7 Å². The van der Waals surface area contributed by atoms with Gasteiger partial charge in [-0.15, -0.1) is 0 Å². The zero-order valence-corrected chi connectivity index (χ0v) is 12.4. The van der Waals surface area contributed by atoms with E-state index in [0.717, 1.165) is 19.6 Å². The van der Waals surface area contributed by atoms with Gasteiger partial charge in [0.05, 0.1) is 24.9 Å². The number of rotatable bonds is 3. The van der Waals surface area contributed by atoms with Crippen molar-refractivity contribution in [2.24, 2.45) is 0 Å². The summed E-state index contributed by atoms with van der Waals surface area (Å²) in [6.07, 6.45) is 0.973.